The highest BCUT2D eigenvalue weighted by Crippen LogP contribution is 2.40. The number of para-hydroxylation sites is 2. The molecule has 3 N–H and O–H groups in total. The standard InChI is InChI=1S/C35H34N2O3/c38-24-35(40)34(39)19-29(30-22-36(20-25-11-3-1-4-12-25)32-17-9-7-15-27(30)32)31-23-37(21-26-13-5-2-6-14-26)33-18-10-8-16-28(31)33/h1-18,22-23,29,34-35,38-40H,19-21,24H2/t34-,35+/m0/s1. The molecule has 0 aliphatic carbocycles. The average Bonchev–Trinajstić information content (AvgIpc) is 3.55. The van der Waals surface area contributed by atoms with Crippen molar-refractivity contribution in [2.75, 3.05) is 6.61 Å². The van der Waals surface area contributed by atoms with Crippen molar-refractivity contribution in [2.45, 2.75) is 37.6 Å². The Balaban J connectivity index is 1.51. The SMILES string of the molecule is OC[C@@H](O)[C@@H](O)CC(c1cn(Cc2ccccc2)c2ccccc12)c1cn(Cc2ccccc2)c2ccccc12. The van der Waals surface area contributed by atoms with Crippen LogP contribution in [0.4, 0.5) is 0 Å². The molecule has 0 amide bonds. The van der Waals surface area contributed by atoms with Crippen molar-refractivity contribution in [3.05, 3.63) is 144 Å². The molecule has 202 valence electrons. The van der Waals surface area contributed by atoms with Gasteiger partial charge < -0.3 is 24.5 Å². The maximum Gasteiger partial charge on any atom is 0.103 e. The molecule has 0 aliphatic rings. The first-order valence-electron chi connectivity index (χ1n) is 13.8. The average molecular weight is 531 g/mol. The molecule has 4 aromatic carbocycles. The maximum atomic E-state index is 11.0. The van der Waals surface area contributed by atoms with E-state index in [0.717, 1.165) is 46.0 Å². The van der Waals surface area contributed by atoms with Gasteiger partial charge >= 0.3 is 0 Å². The van der Waals surface area contributed by atoms with E-state index in [0.29, 0.717) is 0 Å². The number of hydrogen-bond acceptors (Lipinski definition) is 3. The maximum absolute atomic E-state index is 11.0. The van der Waals surface area contributed by atoms with Crippen LogP contribution < -0.4 is 0 Å². The highest BCUT2D eigenvalue weighted by Gasteiger charge is 2.28. The monoisotopic (exact) mass is 530 g/mol. The Morgan fingerprint density at radius 1 is 0.525 bits per heavy atom. The summed E-state index contributed by atoms with van der Waals surface area (Å²) in [7, 11) is 0. The summed E-state index contributed by atoms with van der Waals surface area (Å²) in [6.07, 6.45) is 2.38. The van der Waals surface area contributed by atoms with Crippen molar-refractivity contribution in [1.82, 2.24) is 9.13 Å². The zero-order chi connectivity index (χ0) is 27.5. The Hall–Kier alpha value is -4.16. The Kier molecular flexibility index (Phi) is 7.51. The van der Waals surface area contributed by atoms with Gasteiger partial charge in [-0.2, -0.15) is 0 Å². The van der Waals surface area contributed by atoms with Gasteiger partial charge in [0, 0.05) is 53.2 Å². The molecule has 0 radical (unpaired) electrons. The predicted octanol–water partition coefficient (Wildman–Crippen LogP) is 5.93. The summed E-state index contributed by atoms with van der Waals surface area (Å²) < 4.78 is 4.54. The molecule has 0 fully saturated rings. The van der Waals surface area contributed by atoms with E-state index >= 15 is 0 Å². The fourth-order valence-corrected chi connectivity index (χ4v) is 5.87. The lowest BCUT2D eigenvalue weighted by atomic mass is 9.85. The van der Waals surface area contributed by atoms with Gasteiger partial charge in [0.05, 0.1) is 12.7 Å². The third kappa shape index (κ3) is 5.19. The van der Waals surface area contributed by atoms with Crippen LogP contribution in [-0.2, 0) is 13.1 Å². The first-order chi connectivity index (χ1) is 19.6. The number of aromatic nitrogens is 2. The van der Waals surface area contributed by atoms with Crippen LogP contribution in [-0.4, -0.2) is 43.3 Å². The van der Waals surface area contributed by atoms with E-state index in [1.165, 1.54) is 11.1 Å². The molecule has 6 rings (SSSR count). The van der Waals surface area contributed by atoms with Crippen molar-refractivity contribution in [3.8, 4) is 0 Å². The third-order valence-electron chi connectivity index (χ3n) is 7.89. The minimum Gasteiger partial charge on any atom is -0.394 e. The van der Waals surface area contributed by atoms with Crippen molar-refractivity contribution in [1.29, 1.82) is 0 Å². The van der Waals surface area contributed by atoms with Crippen LogP contribution in [0.1, 0.15) is 34.6 Å². The Labute approximate surface area is 234 Å². The molecule has 0 spiro atoms. The van der Waals surface area contributed by atoms with Crippen molar-refractivity contribution in [3.63, 3.8) is 0 Å². The summed E-state index contributed by atoms with van der Waals surface area (Å²) in [6, 6.07) is 37.5. The van der Waals surface area contributed by atoms with E-state index in [-0.39, 0.29) is 12.3 Å². The second-order valence-electron chi connectivity index (χ2n) is 10.5. The lowest BCUT2D eigenvalue weighted by Gasteiger charge is -2.23. The number of fused-ring (bicyclic) bond motifs is 2. The quantitative estimate of drug-likeness (QED) is 0.206. The number of nitrogens with zero attached hydrogens (tertiary/aromatic N) is 2. The molecule has 0 unspecified atom stereocenters. The highest BCUT2D eigenvalue weighted by molar-refractivity contribution is 5.89. The molecule has 40 heavy (non-hydrogen) atoms. The van der Waals surface area contributed by atoms with Crippen LogP contribution in [0.25, 0.3) is 21.8 Å². The van der Waals surface area contributed by atoms with E-state index in [1.54, 1.807) is 0 Å². The van der Waals surface area contributed by atoms with Gasteiger partial charge in [-0.05, 0) is 40.8 Å². The number of benzene rings is 4. The molecule has 0 bridgehead atoms. The molecular weight excluding hydrogens is 496 g/mol. The second kappa shape index (κ2) is 11.5. The molecule has 2 aromatic heterocycles. The molecule has 0 saturated heterocycles. The fourth-order valence-electron chi connectivity index (χ4n) is 5.87. The van der Waals surface area contributed by atoms with Gasteiger partial charge in [0.25, 0.3) is 0 Å². The van der Waals surface area contributed by atoms with Gasteiger partial charge in [0.15, 0.2) is 0 Å². The zero-order valence-electron chi connectivity index (χ0n) is 22.3. The van der Waals surface area contributed by atoms with Crippen LogP contribution >= 0.6 is 0 Å². The number of aliphatic hydroxyl groups is 3. The molecular formula is C35H34N2O3. The fraction of sp³-hybridized carbons (Fsp3) is 0.200. The van der Waals surface area contributed by atoms with Crippen LogP contribution in [0.2, 0.25) is 0 Å². The van der Waals surface area contributed by atoms with Gasteiger partial charge in [0.1, 0.15) is 6.10 Å². The third-order valence-corrected chi connectivity index (χ3v) is 7.89. The van der Waals surface area contributed by atoms with Gasteiger partial charge in [-0.25, -0.2) is 0 Å². The summed E-state index contributed by atoms with van der Waals surface area (Å²) in [5, 5.41) is 33.3. The van der Waals surface area contributed by atoms with E-state index in [9.17, 15) is 15.3 Å². The minimum absolute atomic E-state index is 0.208. The summed E-state index contributed by atoms with van der Waals surface area (Å²) in [6.45, 7) is 0.969. The summed E-state index contributed by atoms with van der Waals surface area (Å²) in [4.78, 5) is 0. The number of rotatable bonds is 10. The second-order valence-corrected chi connectivity index (χ2v) is 10.5. The highest BCUT2D eigenvalue weighted by atomic mass is 16.4. The Morgan fingerprint density at radius 3 is 1.40 bits per heavy atom. The number of aliphatic hydroxyl groups excluding tert-OH is 3. The topological polar surface area (TPSA) is 70.6 Å². The lowest BCUT2D eigenvalue weighted by molar-refractivity contribution is -0.0191. The molecule has 5 nitrogen and oxygen atoms in total. The largest absolute Gasteiger partial charge is 0.394 e. The van der Waals surface area contributed by atoms with Crippen molar-refractivity contribution >= 4 is 21.8 Å². The molecule has 0 saturated carbocycles. The normalized spacial score (nSPS) is 13.3. The molecule has 6 aromatic rings. The minimum atomic E-state index is -1.21. The first kappa shape index (κ1) is 26.1. The number of hydrogen-bond donors (Lipinski definition) is 3. The van der Waals surface area contributed by atoms with Crippen LogP contribution in [0.5, 0.6) is 0 Å². The summed E-state index contributed by atoms with van der Waals surface area (Å²) in [5.41, 5.74) is 6.85. The van der Waals surface area contributed by atoms with Crippen molar-refractivity contribution < 1.29 is 15.3 Å². The lowest BCUT2D eigenvalue weighted by Crippen LogP contribution is -2.31. The van der Waals surface area contributed by atoms with Crippen LogP contribution in [0.15, 0.2) is 122 Å². The van der Waals surface area contributed by atoms with Gasteiger partial charge in [-0.15, -0.1) is 0 Å². The van der Waals surface area contributed by atoms with Crippen LogP contribution in [0, 0.1) is 0 Å². The smallest absolute Gasteiger partial charge is 0.103 e. The van der Waals surface area contributed by atoms with Gasteiger partial charge in [0.2, 0.25) is 0 Å². The summed E-state index contributed by atoms with van der Waals surface area (Å²) in [5.74, 6) is -0.208. The van der Waals surface area contributed by atoms with E-state index in [1.807, 2.05) is 24.3 Å². The van der Waals surface area contributed by atoms with Crippen molar-refractivity contribution in [2.24, 2.45) is 0 Å². The zero-order valence-corrected chi connectivity index (χ0v) is 22.3. The molecule has 5 heteroatoms. The Bertz CT molecular complexity index is 1590. The van der Waals surface area contributed by atoms with E-state index in [2.05, 4.69) is 106 Å². The van der Waals surface area contributed by atoms with E-state index < -0.39 is 18.8 Å². The summed E-state index contributed by atoms with van der Waals surface area (Å²) >= 11 is 0. The van der Waals surface area contributed by atoms with Crippen LogP contribution in [0.3, 0.4) is 0 Å². The van der Waals surface area contributed by atoms with E-state index in [4.69, 9.17) is 0 Å². The molecule has 0 aliphatic heterocycles. The van der Waals surface area contributed by atoms with Gasteiger partial charge in [-0.3, -0.25) is 0 Å². The molecule has 2 atom stereocenters. The molecule has 2 heterocycles. The first-order valence-corrected chi connectivity index (χ1v) is 13.8. The van der Waals surface area contributed by atoms with Gasteiger partial charge in [-0.1, -0.05) is 97.1 Å². The predicted molar refractivity (Wildman–Crippen MR) is 161 cm³/mol. The Morgan fingerprint density at radius 2 is 0.950 bits per heavy atom.